The van der Waals surface area contributed by atoms with Crippen molar-refractivity contribution >= 4 is 63.7 Å². The first-order valence-corrected chi connectivity index (χ1v) is 9.08. The minimum Gasteiger partial charge on any atom is -0.466 e. The predicted octanol–water partition coefficient (Wildman–Crippen LogP) is 5.15. The quantitative estimate of drug-likeness (QED) is 0.201. The summed E-state index contributed by atoms with van der Waals surface area (Å²) in [6.07, 6.45) is -0.186. The van der Waals surface area contributed by atoms with Crippen LogP contribution in [0.4, 0.5) is 17.1 Å². The summed E-state index contributed by atoms with van der Waals surface area (Å²) in [7, 11) is 0. The molecule has 148 valence electrons. The third kappa shape index (κ3) is 5.98. The summed E-state index contributed by atoms with van der Waals surface area (Å²) in [5.41, 5.74) is 5.81. The minimum absolute atomic E-state index is 0.0138. The van der Waals surface area contributed by atoms with Crippen molar-refractivity contribution in [2.45, 2.75) is 13.3 Å². The van der Waals surface area contributed by atoms with Crippen LogP contribution in [0.1, 0.15) is 13.3 Å². The maximum absolute atomic E-state index is 11.9. The van der Waals surface area contributed by atoms with E-state index in [1.807, 2.05) is 0 Å². The Hall–Kier alpha value is -2.55. The highest BCUT2D eigenvalue weighted by atomic mass is 35.5. The Labute approximate surface area is 175 Å². The number of rotatable bonds is 7. The number of hydrogen-bond acceptors (Lipinski definition) is 6. The van der Waals surface area contributed by atoms with Gasteiger partial charge in [0.1, 0.15) is 12.3 Å². The number of carbonyl (C=O) groups is 1. The molecular weight excluding hydrogens is 431 g/mol. The first-order valence-electron chi connectivity index (χ1n) is 7.95. The number of nitro groups is 1. The van der Waals surface area contributed by atoms with Crippen LogP contribution in [0.25, 0.3) is 0 Å². The maximum atomic E-state index is 11.9. The number of amidine groups is 1. The molecule has 0 bridgehead atoms. The number of nitro benzene ring substituents is 1. The van der Waals surface area contributed by atoms with Crippen molar-refractivity contribution in [2.75, 3.05) is 12.0 Å². The Bertz CT molecular complexity index is 898. The summed E-state index contributed by atoms with van der Waals surface area (Å²) in [6, 6.07) is 9.10. The van der Waals surface area contributed by atoms with Gasteiger partial charge in [0.2, 0.25) is 0 Å². The Kier molecular flexibility index (Phi) is 7.86. The van der Waals surface area contributed by atoms with Crippen molar-refractivity contribution in [1.82, 2.24) is 5.43 Å². The van der Waals surface area contributed by atoms with Crippen LogP contribution in [-0.2, 0) is 9.53 Å². The van der Waals surface area contributed by atoms with Crippen LogP contribution in [0.3, 0.4) is 0 Å². The van der Waals surface area contributed by atoms with Gasteiger partial charge in [-0.25, -0.2) is 4.99 Å². The van der Waals surface area contributed by atoms with E-state index in [2.05, 4.69) is 15.8 Å². The highest BCUT2D eigenvalue weighted by Crippen LogP contribution is 2.34. The second-order valence-corrected chi connectivity index (χ2v) is 6.50. The molecule has 0 spiro atoms. The van der Waals surface area contributed by atoms with Crippen molar-refractivity contribution in [3.05, 3.63) is 61.6 Å². The average Bonchev–Trinajstić information content (AvgIpc) is 2.62. The largest absolute Gasteiger partial charge is 0.466 e. The molecule has 0 unspecified atom stereocenters. The number of non-ortho nitro benzene ring substituents is 1. The Morgan fingerprint density at radius 1 is 1.18 bits per heavy atom. The lowest BCUT2D eigenvalue weighted by Crippen LogP contribution is -2.32. The number of benzene rings is 2. The first kappa shape index (κ1) is 21.7. The molecule has 0 saturated heterocycles. The van der Waals surface area contributed by atoms with Crippen molar-refractivity contribution in [2.24, 2.45) is 4.99 Å². The van der Waals surface area contributed by atoms with E-state index in [0.717, 1.165) is 12.1 Å². The van der Waals surface area contributed by atoms with E-state index in [1.54, 1.807) is 31.2 Å². The standard InChI is InChI=1S/C17H15Cl3N4O4/c1-2-28-16(25)9-15(21-14-6-4-3-5-11(14)18)22-23-17-12(19)7-10(24(26)27)8-13(17)20/h3-8,23H,2,9H2,1H3,(H,21,22). The Balaban J connectivity index is 2.27. The van der Waals surface area contributed by atoms with Gasteiger partial charge in [-0.3, -0.25) is 25.8 Å². The van der Waals surface area contributed by atoms with Crippen LogP contribution >= 0.6 is 34.8 Å². The number of hydrogen-bond donors (Lipinski definition) is 2. The normalized spacial score (nSPS) is 11.1. The highest BCUT2D eigenvalue weighted by molar-refractivity contribution is 6.39. The second-order valence-electron chi connectivity index (χ2n) is 5.28. The van der Waals surface area contributed by atoms with Crippen molar-refractivity contribution in [3.8, 4) is 0 Å². The number of carbonyl (C=O) groups excluding carboxylic acids is 1. The van der Waals surface area contributed by atoms with Gasteiger partial charge < -0.3 is 4.74 Å². The summed E-state index contributed by atoms with van der Waals surface area (Å²) in [4.78, 5) is 26.4. The smallest absolute Gasteiger partial charge is 0.313 e. The molecule has 0 atom stereocenters. The van der Waals surface area contributed by atoms with Crippen LogP contribution < -0.4 is 10.9 Å². The fraction of sp³-hybridized carbons (Fsp3) is 0.176. The molecule has 11 heteroatoms. The van der Waals surface area contributed by atoms with E-state index in [1.165, 1.54) is 0 Å². The molecule has 2 aromatic carbocycles. The topological polar surface area (TPSA) is 106 Å². The van der Waals surface area contributed by atoms with Gasteiger partial charge in [-0.1, -0.05) is 46.9 Å². The van der Waals surface area contributed by atoms with Crippen LogP contribution in [0.5, 0.6) is 0 Å². The molecule has 2 N–H and O–H groups in total. The third-order valence-corrected chi connectivity index (χ3v) is 4.21. The molecule has 0 radical (unpaired) electrons. The minimum atomic E-state index is -0.611. The second kappa shape index (κ2) is 10.1. The zero-order chi connectivity index (χ0) is 20.7. The molecule has 0 aromatic heterocycles. The number of esters is 1. The van der Waals surface area contributed by atoms with E-state index in [-0.39, 0.29) is 40.3 Å². The molecule has 2 rings (SSSR count). The van der Waals surface area contributed by atoms with Gasteiger partial charge in [-0.05, 0) is 19.1 Å². The Morgan fingerprint density at radius 2 is 1.82 bits per heavy atom. The molecule has 8 nitrogen and oxygen atoms in total. The molecule has 0 saturated carbocycles. The van der Waals surface area contributed by atoms with E-state index in [4.69, 9.17) is 39.5 Å². The lowest BCUT2D eigenvalue weighted by molar-refractivity contribution is -0.384. The van der Waals surface area contributed by atoms with Gasteiger partial charge in [-0.15, -0.1) is 0 Å². The fourth-order valence-corrected chi connectivity index (χ4v) is 2.82. The van der Waals surface area contributed by atoms with Gasteiger partial charge in [0.05, 0.1) is 38.0 Å². The number of halogens is 3. The van der Waals surface area contributed by atoms with Crippen LogP contribution in [-0.4, -0.2) is 23.3 Å². The van der Waals surface area contributed by atoms with Crippen molar-refractivity contribution in [3.63, 3.8) is 0 Å². The SMILES string of the molecule is CCOC(=O)CC(=Nc1ccccc1Cl)NNc1c(Cl)cc([N+](=O)[O-])cc1Cl. The molecule has 2 aromatic rings. The first-order chi connectivity index (χ1) is 13.3. The number of para-hydroxylation sites is 1. The molecule has 0 aliphatic rings. The van der Waals surface area contributed by atoms with Gasteiger partial charge in [0, 0.05) is 12.1 Å². The van der Waals surface area contributed by atoms with Crippen molar-refractivity contribution in [1.29, 1.82) is 0 Å². The molecular formula is C17H15Cl3N4O4. The average molecular weight is 446 g/mol. The van der Waals surface area contributed by atoms with E-state index >= 15 is 0 Å². The van der Waals surface area contributed by atoms with E-state index in [9.17, 15) is 14.9 Å². The summed E-state index contributed by atoms with van der Waals surface area (Å²) in [5, 5.41) is 11.3. The summed E-state index contributed by atoms with van der Waals surface area (Å²) in [6.45, 7) is 1.90. The van der Waals surface area contributed by atoms with Gasteiger partial charge in [0.25, 0.3) is 5.69 Å². The zero-order valence-corrected chi connectivity index (χ0v) is 16.8. The monoisotopic (exact) mass is 444 g/mol. The molecule has 28 heavy (non-hydrogen) atoms. The summed E-state index contributed by atoms with van der Waals surface area (Å²) < 4.78 is 4.93. The van der Waals surface area contributed by atoms with Crippen LogP contribution in [0.2, 0.25) is 15.1 Å². The number of anilines is 1. The molecule has 0 heterocycles. The van der Waals surface area contributed by atoms with Gasteiger partial charge in [-0.2, -0.15) is 0 Å². The summed E-state index contributed by atoms with van der Waals surface area (Å²) >= 11 is 18.2. The lowest BCUT2D eigenvalue weighted by Gasteiger charge is -2.14. The number of aliphatic imine (C=N–C) groups is 1. The number of nitrogens with one attached hydrogen (secondary N) is 2. The van der Waals surface area contributed by atoms with Gasteiger partial charge in [0.15, 0.2) is 0 Å². The zero-order valence-electron chi connectivity index (χ0n) is 14.5. The van der Waals surface area contributed by atoms with E-state index in [0.29, 0.717) is 10.7 Å². The highest BCUT2D eigenvalue weighted by Gasteiger charge is 2.16. The third-order valence-electron chi connectivity index (χ3n) is 3.29. The lowest BCUT2D eigenvalue weighted by atomic mass is 10.3. The maximum Gasteiger partial charge on any atom is 0.313 e. The molecule has 0 aliphatic heterocycles. The molecule has 0 aliphatic carbocycles. The molecule has 0 amide bonds. The number of ether oxygens (including phenoxy) is 1. The van der Waals surface area contributed by atoms with Crippen LogP contribution in [0, 0.1) is 10.1 Å². The van der Waals surface area contributed by atoms with Crippen molar-refractivity contribution < 1.29 is 14.5 Å². The molecule has 0 fully saturated rings. The van der Waals surface area contributed by atoms with Crippen LogP contribution in [0.15, 0.2) is 41.4 Å². The summed E-state index contributed by atoms with van der Waals surface area (Å²) in [5.74, 6) is -0.333. The fourth-order valence-electron chi connectivity index (χ4n) is 2.07. The van der Waals surface area contributed by atoms with E-state index < -0.39 is 10.9 Å². The predicted molar refractivity (Wildman–Crippen MR) is 110 cm³/mol. The van der Waals surface area contributed by atoms with Gasteiger partial charge >= 0.3 is 5.97 Å². The number of nitrogens with zero attached hydrogens (tertiary/aromatic N) is 2. The Morgan fingerprint density at radius 3 is 2.39 bits per heavy atom. The number of hydrazine groups is 1.